The van der Waals surface area contributed by atoms with Gasteiger partial charge in [-0.1, -0.05) is 20.8 Å². The van der Waals surface area contributed by atoms with Gasteiger partial charge in [-0.25, -0.2) is 0 Å². The second-order valence-electron chi connectivity index (χ2n) is 5.41. The molecule has 0 spiro atoms. The van der Waals surface area contributed by atoms with Gasteiger partial charge in [-0.2, -0.15) is 0 Å². The van der Waals surface area contributed by atoms with Crippen molar-refractivity contribution in [2.75, 3.05) is 7.11 Å². The third-order valence-corrected chi connectivity index (χ3v) is 3.46. The van der Waals surface area contributed by atoms with Crippen LogP contribution in [0.2, 0.25) is 0 Å². The predicted octanol–water partition coefficient (Wildman–Crippen LogP) is 3.30. The van der Waals surface area contributed by atoms with E-state index in [1.165, 1.54) is 19.3 Å². The normalized spacial score (nSPS) is 36.2. The summed E-state index contributed by atoms with van der Waals surface area (Å²) in [6.45, 7) is 11.1. The molecular formula is C12H23O. The van der Waals surface area contributed by atoms with Gasteiger partial charge in [-0.15, -0.1) is 0 Å². The van der Waals surface area contributed by atoms with E-state index in [-0.39, 0.29) is 0 Å². The Labute approximate surface area is 82.9 Å². The molecule has 13 heavy (non-hydrogen) atoms. The zero-order valence-electron chi connectivity index (χ0n) is 9.47. The molecule has 0 aromatic rings. The summed E-state index contributed by atoms with van der Waals surface area (Å²) >= 11 is 0. The van der Waals surface area contributed by atoms with Crippen molar-refractivity contribution < 1.29 is 4.74 Å². The van der Waals surface area contributed by atoms with Gasteiger partial charge in [-0.05, 0) is 43.4 Å². The van der Waals surface area contributed by atoms with Crippen LogP contribution in [0.5, 0.6) is 0 Å². The third-order valence-electron chi connectivity index (χ3n) is 3.46. The molecule has 0 bridgehead atoms. The Morgan fingerprint density at radius 3 is 2.31 bits per heavy atom. The Balaban J connectivity index is 2.55. The van der Waals surface area contributed by atoms with Crippen molar-refractivity contribution in [1.29, 1.82) is 0 Å². The predicted molar refractivity (Wildman–Crippen MR) is 56.4 cm³/mol. The highest BCUT2D eigenvalue weighted by atomic mass is 16.5. The van der Waals surface area contributed by atoms with Crippen LogP contribution in [0.3, 0.4) is 0 Å². The van der Waals surface area contributed by atoms with Crippen molar-refractivity contribution >= 4 is 0 Å². The molecule has 3 atom stereocenters. The minimum Gasteiger partial charge on any atom is -0.381 e. The fourth-order valence-corrected chi connectivity index (χ4v) is 2.27. The lowest BCUT2D eigenvalue weighted by atomic mass is 9.69. The number of ether oxygens (including phenoxy) is 1. The van der Waals surface area contributed by atoms with Crippen molar-refractivity contribution in [3.63, 3.8) is 0 Å². The van der Waals surface area contributed by atoms with Crippen LogP contribution in [0.1, 0.15) is 40.0 Å². The van der Waals surface area contributed by atoms with E-state index >= 15 is 0 Å². The lowest BCUT2D eigenvalue weighted by Gasteiger charge is -2.40. The molecule has 1 saturated carbocycles. The van der Waals surface area contributed by atoms with Crippen molar-refractivity contribution in [2.24, 2.45) is 17.3 Å². The molecule has 1 fully saturated rings. The van der Waals surface area contributed by atoms with Gasteiger partial charge >= 0.3 is 0 Å². The molecule has 0 aromatic heterocycles. The minimum atomic E-state index is 0.387. The van der Waals surface area contributed by atoms with Crippen molar-refractivity contribution in [2.45, 2.75) is 46.1 Å². The van der Waals surface area contributed by atoms with Crippen LogP contribution >= 0.6 is 0 Å². The van der Waals surface area contributed by atoms with Gasteiger partial charge in [0.15, 0.2) is 0 Å². The Morgan fingerprint density at radius 1 is 1.23 bits per heavy atom. The maximum Gasteiger partial charge on any atom is 0.0602 e. The van der Waals surface area contributed by atoms with E-state index in [4.69, 9.17) is 4.74 Å². The van der Waals surface area contributed by atoms with Crippen LogP contribution < -0.4 is 0 Å². The van der Waals surface area contributed by atoms with Crippen molar-refractivity contribution in [1.82, 2.24) is 0 Å². The van der Waals surface area contributed by atoms with Crippen LogP contribution in [0.25, 0.3) is 0 Å². The SMILES string of the molecule is [CH2]C1CCC(C(C)(C)C)CC1OC. The smallest absolute Gasteiger partial charge is 0.0602 e. The van der Waals surface area contributed by atoms with E-state index in [0.717, 1.165) is 5.92 Å². The molecule has 0 aliphatic heterocycles. The van der Waals surface area contributed by atoms with Gasteiger partial charge in [0.1, 0.15) is 0 Å². The standard InChI is InChI=1S/C12H23O/c1-9-6-7-10(12(2,3)4)8-11(9)13-5/h9-11H,1,6-8H2,2-5H3. The van der Waals surface area contributed by atoms with Gasteiger partial charge in [0.2, 0.25) is 0 Å². The first-order valence-corrected chi connectivity index (χ1v) is 5.31. The molecule has 1 rings (SSSR count). The molecule has 1 aliphatic rings. The first-order chi connectivity index (χ1) is 5.95. The molecule has 0 aromatic carbocycles. The molecular weight excluding hydrogens is 160 g/mol. The summed E-state index contributed by atoms with van der Waals surface area (Å²) in [5.41, 5.74) is 0.428. The summed E-state index contributed by atoms with van der Waals surface area (Å²) in [4.78, 5) is 0. The van der Waals surface area contributed by atoms with E-state index < -0.39 is 0 Å². The number of rotatable bonds is 1. The monoisotopic (exact) mass is 183 g/mol. The highest BCUT2D eigenvalue weighted by Crippen LogP contribution is 2.40. The number of hydrogen-bond acceptors (Lipinski definition) is 1. The van der Waals surface area contributed by atoms with Crippen LogP contribution in [0.4, 0.5) is 0 Å². The van der Waals surface area contributed by atoms with Gasteiger partial charge in [-0.3, -0.25) is 0 Å². The average molecular weight is 183 g/mol. The zero-order chi connectivity index (χ0) is 10.1. The molecule has 77 valence electrons. The first-order valence-electron chi connectivity index (χ1n) is 5.31. The number of hydrogen-bond donors (Lipinski definition) is 0. The lowest BCUT2D eigenvalue weighted by molar-refractivity contribution is -0.00349. The highest BCUT2D eigenvalue weighted by molar-refractivity contribution is 4.86. The van der Waals surface area contributed by atoms with Crippen LogP contribution in [-0.2, 0) is 4.74 Å². The van der Waals surface area contributed by atoms with Crippen molar-refractivity contribution in [3.8, 4) is 0 Å². The summed E-state index contributed by atoms with van der Waals surface area (Å²) in [6.07, 6.45) is 4.12. The van der Waals surface area contributed by atoms with Crippen molar-refractivity contribution in [3.05, 3.63) is 6.92 Å². The fraction of sp³-hybridized carbons (Fsp3) is 0.917. The summed E-state index contributed by atoms with van der Waals surface area (Å²) in [7, 11) is 1.81. The summed E-state index contributed by atoms with van der Waals surface area (Å²) in [5, 5.41) is 0. The molecule has 3 unspecified atom stereocenters. The summed E-state index contributed by atoms with van der Waals surface area (Å²) in [6, 6.07) is 0. The molecule has 1 nitrogen and oxygen atoms in total. The maximum absolute atomic E-state index is 5.47. The van der Waals surface area contributed by atoms with E-state index in [0.29, 0.717) is 17.4 Å². The first kappa shape index (κ1) is 11.0. The van der Waals surface area contributed by atoms with E-state index in [2.05, 4.69) is 27.7 Å². The van der Waals surface area contributed by atoms with E-state index in [9.17, 15) is 0 Å². The van der Waals surface area contributed by atoms with E-state index in [1.807, 2.05) is 7.11 Å². The molecule has 0 heterocycles. The molecule has 1 aliphatic carbocycles. The van der Waals surface area contributed by atoms with E-state index in [1.54, 1.807) is 0 Å². The topological polar surface area (TPSA) is 9.23 Å². The molecule has 0 amide bonds. The Kier molecular flexibility index (Phi) is 3.39. The largest absolute Gasteiger partial charge is 0.381 e. The average Bonchev–Trinajstić information content (AvgIpc) is 2.03. The quantitative estimate of drug-likeness (QED) is 0.606. The Hall–Kier alpha value is -0.0400. The van der Waals surface area contributed by atoms with Crippen LogP contribution in [-0.4, -0.2) is 13.2 Å². The molecule has 1 radical (unpaired) electrons. The van der Waals surface area contributed by atoms with Gasteiger partial charge in [0.25, 0.3) is 0 Å². The summed E-state index contributed by atoms with van der Waals surface area (Å²) in [5.74, 6) is 1.30. The molecule has 0 N–H and O–H groups in total. The molecule has 0 saturated heterocycles. The van der Waals surface area contributed by atoms with Gasteiger partial charge in [0.05, 0.1) is 6.10 Å². The van der Waals surface area contributed by atoms with Crippen LogP contribution in [0.15, 0.2) is 0 Å². The number of methoxy groups -OCH3 is 1. The summed E-state index contributed by atoms with van der Waals surface area (Å²) < 4.78 is 5.47. The fourth-order valence-electron chi connectivity index (χ4n) is 2.27. The highest BCUT2D eigenvalue weighted by Gasteiger charge is 2.33. The second-order valence-corrected chi connectivity index (χ2v) is 5.41. The Bertz CT molecular complexity index is 157. The lowest BCUT2D eigenvalue weighted by Crippen LogP contribution is -2.35. The van der Waals surface area contributed by atoms with Crippen LogP contribution in [0, 0.1) is 24.2 Å². The van der Waals surface area contributed by atoms with Gasteiger partial charge < -0.3 is 4.74 Å². The molecule has 1 heteroatoms. The second kappa shape index (κ2) is 4.00. The van der Waals surface area contributed by atoms with Gasteiger partial charge in [0, 0.05) is 7.11 Å². The third kappa shape index (κ3) is 2.70. The maximum atomic E-state index is 5.47. The zero-order valence-corrected chi connectivity index (χ0v) is 9.47. The Morgan fingerprint density at radius 2 is 1.85 bits per heavy atom. The minimum absolute atomic E-state index is 0.387.